The van der Waals surface area contributed by atoms with Crippen LogP contribution in [0.1, 0.15) is 20.3 Å². The van der Waals surface area contributed by atoms with Gasteiger partial charge in [-0.05, 0) is 32.4 Å². The summed E-state index contributed by atoms with van der Waals surface area (Å²) in [6.07, 6.45) is 0.980. The third kappa shape index (κ3) is 9.00. The molecule has 1 atom stereocenters. The highest BCUT2D eigenvalue weighted by molar-refractivity contribution is 14.0. The molecule has 6 heteroatoms. The van der Waals surface area contributed by atoms with Crippen molar-refractivity contribution in [3.05, 3.63) is 30.3 Å². The zero-order chi connectivity index (χ0) is 16.2. The van der Waals surface area contributed by atoms with Crippen molar-refractivity contribution in [2.75, 3.05) is 45.3 Å². The van der Waals surface area contributed by atoms with Crippen LogP contribution in [0.3, 0.4) is 0 Å². The molecule has 2 N–H and O–H groups in total. The van der Waals surface area contributed by atoms with Crippen molar-refractivity contribution >= 4 is 35.6 Å². The fraction of sp³-hybridized carbons (Fsp3) is 0.588. The van der Waals surface area contributed by atoms with Gasteiger partial charge in [-0.25, -0.2) is 0 Å². The molecular formula is C17H31IN4O. The lowest BCUT2D eigenvalue weighted by molar-refractivity contribution is 0.145. The number of nitrogens with one attached hydrogen (secondary N) is 2. The number of para-hydroxylation sites is 1. The first-order chi connectivity index (χ1) is 10.7. The Morgan fingerprint density at radius 1 is 1.26 bits per heavy atom. The molecule has 1 unspecified atom stereocenters. The molecule has 1 aromatic carbocycles. The molecule has 1 aromatic rings. The van der Waals surface area contributed by atoms with Crippen LogP contribution in [0.2, 0.25) is 0 Å². The molecule has 0 fully saturated rings. The Morgan fingerprint density at radius 3 is 2.57 bits per heavy atom. The molecule has 0 aliphatic rings. The van der Waals surface area contributed by atoms with Crippen LogP contribution >= 0.6 is 24.0 Å². The Balaban J connectivity index is 0.00000484. The van der Waals surface area contributed by atoms with Gasteiger partial charge in [-0.15, -0.1) is 24.0 Å². The number of aliphatic imine (C=N–C) groups is 1. The Bertz CT molecular complexity index is 428. The van der Waals surface area contributed by atoms with E-state index in [4.69, 9.17) is 4.74 Å². The van der Waals surface area contributed by atoms with Crippen LogP contribution in [0, 0.1) is 0 Å². The molecule has 0 saturated carbocycles. The number of rotatable bonds is 9. The van der Waals surface area contributed by atoms with Crippen LogP contribution in [0.15, 0.2) is 35.3 Å². The van der Waals surface area contributed by atoms with Gasteiger partial charge in [0.2, 0.25) is 0 Å². The fourth-order valence-electron chi connectivity index (χ4n) is 2.04. The van der Waals surface area contributed by atoms with Gasteiger partial charge in [0.1, 0.15) is 0 Å². The highest BCUT2D eigenvalue weighted by atomic mass is 127. The van der Waals surface area contributed by atoms with Gasteiger partial charge < -0.3 is 20.3 Å². The largest absolute Gasteiger partial charge is 0.382 e. The van der Waals surface area contributed by atoms with E-state index in [9.17, 15) is 0 Å². The van der Waals surface area contributed by atoms with Gasteiger partial charge in [0.05, 0.1) is 0 Å². The number of hydrogen-bond donors (Lipinski definition) is 2. The summed E-state index contributed by atoms with van der Waals surface area (Å²) in [6.45, 7) is 7.46. The van der Waals surface area contributed by atoms with Gasteiger partial charge in [-0.3, -0.25) is 4.99 Å². The number of anilines is 1. The fourth-order valence-corrected chi connectivity index (χ4v) is 2.04. The molecule has 0 spiro atoms. The summed E-state index contributed by atoms with van der Waals surface area (Å²) in [6, 6.07) is 10.8. The van der Waals surface area contributed by atoms with Crippen molar-refractivity contribution < 1.29 is 4.74 Å². The minimum atomic E-state index is 0. The Morgan fingerprint density at radius 2 is 1.96 bits per heavy atom. The minimum Gasteiger partial charge on any atom is -0.382 e. The van der Waals surface area contributed by atoms with E-state index < -0.39 is 0 Å². The van der Waals surface area contributed by atoms with Crippen LogP contribution in [0.5, 0.6) is 0 Å². The van der Waals surface area contributed by atoms with Crippen LogP contribution in [0.4, 0.5) is 5.69 Å². The number of benzene rings is 1. The monoisotopic (exact) mass is 434 g/mol. The van der Waals surface area contributed by atoms with E-state index in [0.717, 1.165) is 38.7 Å². The predicted octanol–water partition coefficient (Wildman–Crippen LogP) is 2.72. The van der Waals surface area contributed by atoms with E-state index in [1.165, 1.54) is 5.69 Å². The standard InChI is InChI=1S/C17H30N4O.HI/c1-5-22-13-9-12-19-17(18-3)20-14-15(2)21(4)16-10-7-6-8-11-16;/h6-8,10-11,15H,5,9,12-14H2,1-4H3,(H2,18,19,20);1H. The molecule has 132 valence electrons. The number of nitrogens with zero attached hydrogens (tertiary/aromatic N) is 2. The zero-order valence-electron chi connectivity index (χ0n) is 14.7. The maximum absolute atomic E-state index is 5.32. The summed E-state index contributed by atoms with van der Waals surface area (Å²) < 4.78 is 5.32. The number of ether oxygens (including phenoxy) is 1. The van der Waals surface area contributed by atoms with Crippen molar-refractivity contribution in [3.63, 3.8) is 0 Å². The minimum absolute atomic E-state index is 0. The Labute approximate surface area is 157 Å². The van der Waals surface area contributed by atoms with Crippen molar-refractivity contribution in [1.82, 2.24) is 10.6 Å². The van der Waals surface area contributed by atoms with E-state index in [-0.39, 0.29) is 24.0 Å². The average Bonchev–Trinajstić information content (AvgIpc) is 2.57. The molecule has 0 aliphatic carbocycles. The molecule has 5 nitrogen and oxygen atoms in total. The second kappa shape index (κ2) is 13.4. The van der Waals surface area contributed by atoms with Crippen molar-refractivity contribution in [1.29, 1.82) is 0 Å². The molecule has 0 saturated heterocycles. The van der Waals surface area contributed by atoms with E-state index in [2.05, 4.69) is 58.8 Å². The van der Waals surface area contributed by atoms with Gasteiger partial charge in [0.15, 0.2) is 5.96 Å². The average molecular weight is 434 g/mol. The van der Waals surface area contributed by atoms with Crippen LogP contribution in [0.25, 0.3) is 0 Å². The highest BCUT2D eigenvalue weighted by Gasteiger charge is 2.10. The summed E-state index contributed by atoms with van der Waals surface area (Å²) in [5.74, 6) is 0.838. The third-order valence-corrected chi connectivity index (χ3v) is 3.58. The molecule has 0 aliphatic heterocycles. The van der Waals surface area contributed by atoms with Crippen LogP contribution < -0.4 is 15.5 Å². The maximum atomic E-state index is 5.32. The third-order valence-electron chi connectivity index (χ3n) is 3.58. The SMILES string of the molecule is CCOCCCNC(=NC)NCC(C)N(C)c1ccccc1.I. The Hall–Kier alpha value is -1.02. The first-order valence-corrected chi connectivity index (χ1v) is 7.99. The molecular weight excluding hydrogens is 403 g/mol. The molecule has 0 radical (unpaired) electrons. The van der Waals surface area contributed by atoms with Crippen LogP contribution in [-0.4, -0.2) is 52.4 Å². The molecule has 0 bridgehead atoms. The van der Waals surface area contributed by atoms with Crippen molar-refractivity contribution in [2.24, 2.45) is 4.99 Å². The van der Waals surface area contributed by atoms with Gasteiger partial charge in [0.25, 0.3) is 0 Å². The van der Waals surface area contributed by atoms with Gasteiger partial charge in [-0.2, -0.15) is 0 Å². The number of likely N-dealkylation sites (N-methyl/N-ethyl adjacent to an activating group) is 1. The van der Waals surface area contributed by atoms with E-state index in [0.29, 0.717) is 6.04 Å². The Kier molecular flexibility index (Phi) is 12.8. The normalized spacial score (nSPS) is 12.3. The molecule has 0 amide bonds. The second-order valence-corrected chi connectivity index (χ2v) is 5.23. The van der Waals surface area contributed by atoms with Gasteiger partial charge in [0, 0.05) is 52.1 Å². The summed E-state index contributed by atoms with van der Waals surface area (Å²) >= 11 is 0. The maximum Gasteiger partial charge on any atom is 0.191 e. The van der Waals surface area contributed by atoms with E-state index >= 15 is 0 Å². The first-order valence-electron chi connectivity index (χ1n) is 7.99. The lowest BCUT2D eigenvalue weighted by Crippen LogP contribution is -2.45. The summed E-state index contributed by atoms with van der Waals surface area (Å²) in [4.78, 5) is 6.50. The van der Waals surface area contributed by atoms with Crippen molar-refractivity contribution in [3.8, 4) is 0 Å². The number of hydrogen-bond acceptors (Lipinski definition) is 3. The number of guanidine groups is 1. The predicted molar refractivity (Wildman–Crippen MR) is 110 cm³/mol. The summed E-state index contributed by atoms with van der Waals surface area (Å²) in [5.41, 5.74) is 1.22. The van der Waals surface area contributed by atoms with Crippen LogP contribution in [-0.2, 0) is 4.74 Å². The molecule has 0 heterocycles. The van der Waals surface area contributed by atoms with E-state index in [1.807, 2.05) is 13.0 Å². The van der Waals surface area contributed by atoms with E-state index in [1.54, 1.807) is 7.05 Å². The van der Waals surface area contributed by atoms with Gasteiger partial charge >= 0.3 is 0 Å². The second-order valence-electron chi connectivity index (χ2n) is 5.23. The summed E-state index contributed by atoms with van der Waals surface area (Å²) in [5, 5.41) is 6.67. The number of halogens is 1. The molecule has 23 heavy (non-hydrogen) atoms. The first kappa shape index (κ1) is 22.0. The lowest BCUT2D eigenvalue weighted by atomic mass is 10.2. The van der Waals surface area contributed by atoms with Crippen molar-refractivity contribution in [2.45, 2.75) is 26.3 Å². The molecule has 0 aromatic heterocycles. The zero-order valence-corrected chi connectivity index (χ0v) is 17.0. The topological polar surface area (TPSA) is 48.9 Å². The summed E-state index contributed by atoms with van der Waals surface area (Å²) in [7, 11) is 3.91. The molecule has 1 rings (SSSR count). The lowest BCUT2D eigenvalue weighted by Gasteiger charge is -2.27. The van der Waals surface area contributed by atoms with Gasteiger partial charge in [-0.1, -0.05) is 18.2 Å². The smallest absolute Gasteiger partial charge is 0.191 e. The highest BCUT2D eigenvalue weighted by Crippen LogP contribution is 2.13. The quantitative estimate of drug-likeness (QED) is 0.272.